The number of hydrogen-bond donors (Lipinski definition) is 4. The fourth-order valence-corrected chi connectivity index (χ4v) is 10.3. The SMILES string of the molecule is COC[C@H]1C[C@@H](c2ncc(-c3ccc4c(c3)COc3cc5c(cc3-4)CCc3cc([C@@H]4CC[C@H](C)N4C(=O)[C@@H](NC(=O)OC)C(C)C)[nH]c3-5)[nH]2)N(C(=O)[C@H](NC(=O)OC)c2ccccc2)C1. The first kappa shape index (κ1) is 43.6. The number of alkyl carbamates (subject to hydrolysis) is 2. The van der Waals surface area contributed by atoms with Gasteiger partial charge in [0.25, 0.3) is 5.91 Å². The van der Waals surface area contributed by atoms with E-state index in [1.807, 2.05) is 55.3 Å². The Morgan fingerprint density at radius 1 is 0.831 bits per heavy atom. The minimum Gasteiger partial charge on any atom is -0.488 e. The van der Waals surface area contributed by atoms with Crippen molar-refractivity contribution in [1.82, 2.24) is 35.4 Å². The molecule has 340 valence electrons. The number of nitrogens with zero attached hydrogens (tertiary/aromatic N) is 3. The maximum absolute atomic E-state index is 14.3. The summed E-state index contributed by atoms with van der Waals surface area (Å²) in [6, 6.07) is 20.1. The van der Waals surface area contributed by atoms with Gasteiger partial charge in [-0.3, -0.25) is 9.59 Å². The number of rotatable bonds is 11. The van der Waals surface area contributed by atoms with Crippen molar-refractivity contribution < 1.29 is 38.1 Å². The van der Waals surface area contributed by atoms with Crippen molar-refractivity contribution in [2.75, 3.05) is 34.5 Å². The second-order valence-corrected chi connectivity index (χ2v) is 18.1. The first-order valence-corrected chi connectivity index (χ1v) is 22.5. The summed E-state index contributed by atoms with van der Waals surface area (Å²) in [5.41, 5.74) is 11.3. The van der Waals surface area contributed by atoms with E-state index in [2.05, 4.69) is 63.9 Å². The highest BCUT2D eigenvalue weighted by Crippen LogP contribution is 2.47. The van der Waals surface area contributed by atoms with Gasteiger partial charge in [0.2, 0.25) is 5.91 Å². The Morgan fingerprint density at radius 3 is 2.35 bits per heavy atom. The molecular weight excluding hydrogens is 827 g/mol. The van der Waals surface area contributed by atoms with Crippen molar-refractivity contribution in [1.29, 1.82) is 0 Å². The molecule has 9 rings (SSSR count). The van der Waals surface area contributed by atoms with Gasteiger partial charge in [0.1, 0.15) is 30.3 Å². The van der Waals surface area contributed by atoms with E-state index in [1.54, 1.807) is 12.0 Å². The van der Waals surface area contributed by atoms with Crippen molar-refractivity contribution in [3.63, 3.8) is 0 Å². The number of benzene rings is 3. The van der Waals surface area contributed by atoms with E-state index in [1.165, 1.54) is 25.3 Å². The van der Waals surface area contributed by atoms with Crippen LogP contribution in [0.3, 0.4) is 0 Å². The van der Waals surface area contributed by atoms with Crippen LogP contribution in [0.25, 0.3) is 33.6 Å². The van der Waals surface area contributed by atoms with Crippen LogP contribution in [0.2, 0.25) is 0 Å². The van der Waals surface area contributed by atoms with Gasteiger partial charge in [-0.15, -0.1) is 0 Å². The summed E-state index contributed by atoms with van der Waals surface area (Å²) in [6.45, 7) is 7.26. The predicted molar refractivity (Wildman–Crippen MR) is 243 cm³/mol. The Kier molecular flexibility index (Phi) is 12.2. The number of likely N-dealkylation sites (tertiary alicyclic amines) is 2. The van der Waals surface area contributed by atoms with Gasteiger partial charge < -0.3 is 49.3 Å². The molecule has 2 aromatic heterocycles. The lowest BCUT2D eigenvalue weighted by Gasteiger charge is -2.33. The van der Waals surface area contributed by atoms with Gasteiger partial charge in [0.15, 0.2) is 0 Å². The lowest BCUT2D eigenvalue weighted by atomic mass is 9.85. The number of carbonyl (C=O) groups is 4. The predicted octanol–water partition coefficient (Wildman–Crippen LogP) is 7.80. The second kappa shape index (κ2) is 18.1. The number of aryl methyl sites for hydroxylation is 2. The van der Waals surface area contributed by atoms with Crippen LogP contribution in [0, 0.1) is 11.8 Å². The van der Waals surface area contributed by atoms with Crippen LogP contribution in [-0.4, -0.2) is 95.3 Å². The summed E-state index contributed by atoms with van der Waals surface area (Å²) in [4.78, 5) is 68.8. The molecule has 0 radical (unpaired) electrons. The molecule has 4 N–H and O–H groups in total. The quantitative estimate of drug-likeness (QED) is 0.103. The van der Waals surface area contributed by atoms with Gasteiger partial charge in [-0.05, 0) is 103 Å². The molecule has 5 heterocycles. The third kappa shape index (κ3) is 8.33. The zero-order valence-electron chi connectivity index (χ0n) is 37.7. The molecule has 0 saturated carbocycles. The molecule has 2 saturated heterocycles. The molecule has 15 heteroatoms. The molecule has 15 nitrogen and oxygen atoms in total. The Bertz CT molecular complexity index is 2600. The van der Waals surface area contributed by atoms with Crippen molar-refractivity contribution in [2.24, 2.45) is 11.8 Å². The largest absolute Gasteiger partial charge is 0.488 e. The zero-order valence-corrected chi connectivity index (χ0v) is 37.7. The number of hydrogen-bond acceptors (Lipinski definition) is 9. The lowest BCUT2D eigenvalue weighted by molar-refractivity contribution is -0.137. The van der Waals surface area contributed by atoms with Crippen LogP contribution in [0.5, 0.6) is 5.75 Å². The molecular formula is C50H57N7O8. The summed E-state index contributed by atoms with van der Waals surface area (Å²) >= 11 is 0. The van der Waals surface area contributed by atoms with Gasteiger partial charge in [-0.2, -0.15) is 0 Å². The normalized spacial score (nSPS) is 20.5. The maximum Gasteiger partial charge on any atom is 0.407 e. The number of H-pyrrole nitrogens is 2. The molecule has 4 amide bonds. The number of carbonyl (C=O) groups excluding carboxylic acids is 4. The Labute approximate surface area is 378 Å². The number of ether oxygens (including phenoxy) is 4. The van der Waals surface area contributed by atoms with Crippen LogP contribution in [0.15, 0.2) is 72.9 Å². The topological polar surface area (TPSA) is 180 Å². The van der Waals surface area contributed by atoms with Gasteiger partial charge in [-0.25, -0.2) is 14.6 Å². The first-order valence-electron chi connectivity index (χ1n) is 22.5. The molecule has 2 fully saturated rings. The van der Waals surface area contributed by atoms with Crippen LogP contribution in [0.1, 0.15) is 91.9 Å². The number of fused-ring (bicyclic) bond motifs is 6. The number of aromatic nitrogens is 3. The second-order valence-electron chi connectivity index (χ2n) is 18.1. The van der Waals surface area contributed by atoms with Crippen molar-refractivity contribution in [3.8, 4) is 39.4 Å². The summed E-state index contributed by atoms with van der Waals surface area (Å²) < 4.78 is 21.8. The van der Waals surface area contributed by atoms with E-state index in [0.717, 1.165) is 76.3 Å². The monoisotopic (exact) mass is 883 g/mol. The smallest absolute Gasteiger partial charge is 0.407 e. The molecule has 1 aliphatic carbocycles. The highest BCUT2D eigenvalue weighted by atomic mass is 16.5. The van der Waals surface area contributed by atoms with Crippen LogP contribution in [0.4, 0.5) is 9.59 Å². The third-order valence-corrected chi connectivity index (χ3v) is 13.6. The number of amides is 4. The summed E-state index contributed by atoms with van der Waals surface area (Å²) in [5.74, 6) is 1.09. The van der Waals surface area contributed by atoms with E-state index < -0.39 is 24.3 Å². The van der Waals surface area contributed by atoms with E-state index in [9.17, 15) is 19.2 Å². The number of methoxy groups -OCH3 is 3. The van der Waals surface area contributed by atoms with Gasteiger partial charge in [0, 0.05) is 48.1 Å². The fourth-order valence-electron chi connectivity index (χ4n) is 10.3. The van der Waals surface area contributed by atoms with Crippen molar-refractivity contribution >= 4 is 24.0 Å². The number of nitrogens with one attached hydrogen (secondary N) is 4. The molecule has 4 aliphatic rings. The van der Waals surface area contributed by atoms with Gasteiger partial charge >= 0.3 is 12.2 Å². The van der Waals surface area contributed by atoms with E-state index in [-0.39, 0.29) is 41.8 Å². The lowest BCUT2D eigenvalue weighted by Crippen LogP contribution is -2.52. The molecule has 3 aromatic carbocycles. The van der Waals surface area contributed by atoms with Gasteiger partial charge in [-0.1, -0.05) is 56.3 Å². The van der Waals surface area contributed by atoms with E-state index in [0.29, 0.717) is 37.6 Å². The third-order valence-electron chi connectivity index (χ3n) is 13.6. The zero-order chi connectivity index (χ0) is 45.5. The molecule has 5 aromatic rings. The summed E-state index contributed by atoms with van der Waals surface area (Å²) in [6.07, 6.45) is 4.58. The molecule has 3 aliphatic heterocycles. The molecule has 0 spiro atoms. The molecule has 0 unspecified atom stereocenters. The highest BCUT2D eigenvalue weighted by molar-refractivity contribution is 5.88. The molecule has 65 heavy (non-hydrogen) atoms. The number of aromatic amines is 2. The fraction of sp³-hybridized carbons (Fsp3) is 0.420. The Morgan fingerprint density at radius 2 is 1.60 bits per heavy atom. The van der Waals surface area contributed by atoms with Gasteiger partial charge in [0.05, 0.1) is 44.8 Å². The van der Waals surface area contributed by atoms with E-state index >= 15 is 0 Å². The Hall–Kier alpha value is -6.61. The van der Waals surface area contributed by atoms with Crippen LogP contribution in [-0.2, 0) is 43.2 Å². The Balaban J connectivity index is 0.955. The first-order chi connectivity index (χ1) is 31.5. The summed E-state index contributed by atoms with van der Waals surface area (Å²) in [7, 11) is 4.25. The highest BCUT2D eigenvalue weighted by Gasteiger charge is 2.43. The summed E-state index contributed by atoms with van der Waals surface area (Å²) in [5, 5.41) is 5.51. The maximum atomic E-state index is 14.3. The van der Waals surface area contributed by atoms with Crippen molar-refractivity contribution in [3.05, 3.63) is 107 Å². The van der Waals surface area contributed by atoms with E-state index in [4.69, 9.17) is 23.9 Å². The van der Waals surface area contributed by atoms with Crippen LogP contribution >= 0.6 is 0 Å². The standard InChI is InChI=1S/C50H57N7O8/c1-27(2)43(54-49(60)63-5)48(59)57-28(3)12-17-40(57)38-21-33-14-13-31-20-37-35-16-15-32(19-34(35)26-65-42(37)22-36(31)44(33)52-38)39-23-51-46(53-39)41-18-29(25-62-4)24-56(41)47(58)45(55-50(61)64-6)30-10-8-7-9-11-30/h7-11,15-16,19-23,27-29,40-41,43,45,52H,12-14,17-18,24-26H2,1-6H3,(H,51,53)(H,54,60)(H,55,61)/t28-,29-,40-,41-,43-,45+/m0/s1. The molecule has 0 bridgehead atoms. The minimum absolute atomic E-state index is 0.0239. The molecule has 6 atom stereocenters. The minimum atomic E-state index is -0.940. The van der Waals surface area contributed by atoms with Crippen molar-refractivity contribution in [2.45, 2.75) is 89.7 Å². The van der Waals surface area contributed by atoms with Crippen LogP contribution < -0.4 is 15.4 Å². The average Bonchev–Trinajstić information content (AvgIpc) is 4.15. The average molecular weight is 884 g/mol. The number of imidazole rings is 1.